The lowest BCUT2D eigenvalue weighted by molar-refractivity contribution is -0.384. The van der Waals surface area contributed by atoms with Crippen molar-refractivity contribution in [2.45, 2.75) is 27.7 Å². The van der Waals surface area contributed by atoms with E-state index >= 15 is 0 Å². The third-order valence-corrected chi connectivity index (χ3v) is 4.96. The minimum Gasteiger partial charge on any atom is -0.494 e. The van der Waals surface area contributed by atoms with Gasteiger partial charge in [-0.25, -0.2) is 0 Å². The first-order valence-corrected chi connectivity index (χ1v) is 10.1. The van der Waals surface area contributed by atoms with Crippen LogP contribution in [0.25, 0.3) is 0 Å². The molecular weight excluding hydrogens is 454 g/mol. The predicted octanol–water partition coefficient (Wildman–Crippen LogP) is 5.89. The number of hydrogen-bond donors (Lipinski definition) is 1. The number of aryl methyl sites for hydroxylation is 1. The normalized spacial score (nSPS) is 10.9. The van der Waals surface area contributed by atoms with Gasteiger partial charge in [-0.3, -0.25) is 14.9 Å². The maximum Gasteiger partial charge on any atom is 0.298 e. The molecule has 0 saturated heterocycles. The number of nitro groups is 1. The number of azo groups is 1. The SMILES string of the molecule is CCN(CC)c1cc(NC(C)=O)c(N=Nc2c(Br)cc(C)cc2[N+](=O)[O-])cc1OC. The van der Waals surface area contributed by atoms with Crippen LogP contribution in [0.1, 0.15) is 26.3 Å². The quantitative estimate of drug-likeness (QED) is 0.289. The Bertz CT molecular complexity index is 990. The zero-order valence-electron chi connectivity index (χ0n) is 17.5. The number of nitrogens with zero attached hydrogens (tertiary/aromatic N) is 4. The first-order valence-electron chi connectivity index (χ1n) is 9.32. The van der Waals surface area contributed by atoms with Crippen molar-refractivity contribution in [3.63, 3.8) is 0 Å². The number of carbonyl (C=O) groups excluding carboxylic acids is 1. The summed E-state index contributed by atoms with van der Waals surface area (Å²) in [7, 11) is 1.54. The van der Waals surface area contributed by atoms with Crippen molar-refractivity contribution >= 4 is 50.3 Å². The molecule has 0 unspecified atom stereocenters. The molecule has 0 aromatic heterocycles. The van der Waals surface area contributed by atoms with Crippen LogP contribution < -0.4 is 15.0 Å². The van der Waals surface area contributed by atoms with E-state index in [2.05, 4.69) is 36.4 Å². The van der Waals surface area contributed by atoms with Gasteiger partial charge in [-0.1, -0.05) is 0 Å². The number of rotatable bonds is 8. The molecule has 0 fully saturated rings. The van der Waals surface area contributed by atoms with Gasteiger partial charge in [0.05, 0.1) is 27.9 Å². The van der Waals surface area contributed by atoms with E-state index in [1.54, 1.807) is 32.2 Å². The van der Waals surface area contributed by atoms with Crippen LogP contribution in [-0.2, 0) is 4.79 Å². The maximum absolute atomic E-state index is 11.7. The van der Waals surface area contributed by atoms with Gasteiger partial charge < -0.3 is 15.0 Å². The second-order valence-electron chi connectivity index (χ2n) is 6.47. The third kappa shape index (κ3) is 5.32. The van der Waals surface area contributed by atoms with E-state index in [1.807, 2.05) is 13.8 Å². The van der Waals surface area contributed by atoms with Crippen LogP contribution in [0.2, 0.25) is 0 Å². The Balaban J connectivity index is 2.64. The van der Waals surface area contributed by atoms with E-state index < -0.39 is 4.92 Å². The summed E-state index contributed by atoms with van der Waals surface area (Å²) in [6.45, 7) is 8.67. The van der Waals surface area contributed by atoms with Crippen molar-refractivity contribution in [2.75, 3.05) is 30.4 Å². The minimum atomic E-state index is -0.509. The van der Waals surface area contributed by atoms with E-state index in [0.29, 0.717) is 21.6 Å². The lowest BCUT2D eigenvalue weighted by Crippen LogP contribution is -2.22. The number of anilines is 2. The maximum atomic E-state index is 11.7. The van der Waals surface area contributed by atoms with Crippen molar-refractivity contribution in [3.8, 4) is 5.75 Å². The van der Waals surface area contributed by atoms with E-state index in [-0.39, 0.29) is 17.3 Å². The van der Waals surface area contributed by atoms with Gasteiger partial charge in [0.1, 0.15) is 11.4 Å². The van der Waals surface area contributed by atoms with Crippen molar-refractivity contribution in [1.82, 2.24) is 0 Å². The molecule has 10 heteroatoms. The molecule has 9 nitrogen and oxygen atoms in total. The summed E-state index contributed by atoms with van der Waals surface area (Å²) in [4.78, 5) is 24.7. The molecule has 0 spiro atoms. The number of amides is 1. The van der Waals surface area contributed by atoms with Gasteiger partial charge in [0, 0.05) is 32.1 Å². The van der Waals surface area contributed by atoms with Crippen LogP contribution in [0, 0.1) is 17.0 Å². The first-order chi connectivity index (χ1) is 14.2. The standard InChI is InChI=1S/C20H24BrN5O4/c1-6-25(7-2)17-10-15(22-13(4)27)16(11-19(17)30-5)23-24-20-14(21)8-12(3)9-18(20)26(28)29/h8-11H,6-7H2,1-5H3,(H,22,27). The van der Waals surface area contributed by atoms with Crippen LogP contribution in [0.5, 0.6) is 5.75 Å². The Labute approximate surface area is 183 Å². The number of ether oxygens (including phenoxy) is 1. The number of hydrogen-bond acceptors (Lipinski definition) is 7. The van der Waals surface area contributed by atoms with Crippen LogP contribution in [-0.4, -0.2) is 31.0 Å². The van der Waals surface area contributed by atoms with Crippen molar-refractivity contribution in [3.05, 3.63) is 44.4 Å². The summed E-state index contributed by atoms with van der Waals surface area (Å²) in [6, 6.07) is 6.56. The lowest BCUT2D eigenvalue weighted by atomic mass is 10.2. The monoisotopic (exact) mass is 477 g/mol. The molecule has 0 radical (unpaired) electrons. The zero-order chi connectivity index (χ0) is 22.4. The van der Waals surface area contributed by atoms with Crippen LogP contribution in [0.15, 0.2) is 39.0 Å². The van der Waals surface area contributed by atoms with Gasteiger partial charge in [0.25, 0.3) is 5.69 Å². The van der Waals surface area contributed by atoms with Gasteiger partial charge in [-0.15, -0.1) is 10.2 Å². The molecule has 1 N–H and O–H groups in total. The summed E-state index contributed by atoms with van der Waals surface area (Å²) < 4.78 is 5.96. The second-order valence-corrected chi connectivity index (χ2v) is 7.32. The lowest BCUT2D eigenvalue weighted by Gasteiger charge is -2.24. The van der Waals surface area contributed by atoms with Crippen molar-refractivity contribution < 1.29 is 14.5 Å². The number of nitro benzene ring substituents is 1. The van der Waals surface area contributed by atoms with Crippen LogP contribution in [0.3, 0.4) is 0 Å². The number of halogens is 1. The van der Waals surface area contributed by atoms with E-state index in [9.17, 15) is 14.9 Å². The second kappa shape index (κ2) is 10.1. The number of nitrogens with one attached hydrogen (secondary N) is 1. The summed E-state index contributed by atoms with van der Waals surface area (Å²) >= 11 is 3.32. The highest BCUT2D eigenvalue weighted by atomic mass is 79.9. The molecule has 0 bridgehead atoms. The summed E-state index contributed by atoms with van der Waals surface area (Å²) in [5.74, 6) is 0.281. The number of methoxy groups -OCH3 is 1. The molecule has 0 saturated carbocycles. The number of benzene rings is 2. The van der Waals surface area contributed by atoms with Gasteiger partial charge in [0.2, 0.25) is 5.91 Å². The molecule has 160 valence electrons. The summed E-state index contributed by atoms with van der Waals surface area (Å²) in [5, 5.41) is 22.5. The topological polar surface area (TPSA) is 109 Å². The summed E-state index contributed by atoms with van der Waals surface area (Å²) in [5.41, 5.74) is 2.19. The molecule has 30 heavy (non-hydrogen) atoms. The minimum absolute atomic E-state index is 0.0890. The van der Waals surface area contributed by atoms with E-state index in [0.717, 1.165) is 24.3 Å². The predicted molar refractivity (Wildman–Crippen MR) is 121 cm³/mol. The Hall–Kier alpha value is -3.01. The third-order valence-electron chi connectivity index (χ3n) is 4.35. The summed E-state index contributed by atoms with van der Waals surface area (Å²) in [6.07, 6.45) is 0. The van der Waals surface area contributed by atoms with Crippen LogP contribution >= 0.6 is 15.9 Å². The Kier molecular flexibility index (Phi) is 7.87. The molecule has 2 aromatic rings. The Morgan fingerprint density at radius 1 is 1.23 bits per heavy atom. The molecule has 0 atom stereocenters. The fourth-order valence-corrected chi connectivity index (χ4v) is 3.61. The molecule has 2 aromatic carbocycles. The molecule has 0 heterocycles. The first kappa shape index (κ1) is 23.3. The molecule has 1 amide bonds. The average Bonchev–Trinajstić information content (AvgIpc) is 2.68. The van der Waals surface area contributed by atoms with E-state index in [4.69, 9.17) is 4.74 Å². The van der Waals surface area contributed by atoms with Gasteiger partial charge in [-0.05, 0) is 54.4 Å². The average molecular weight is 478 g/mol. The Morgan fingerprint density at radius 2 is 1.90 bits per heavy atom. The Morgan fingerprint density at radius 3 is 2.43 bits per heavy atom. The van der Waals surface area contributed by atoms with Gasteiger partial charge >= 0.3 is 0 Å². The van der Waals surface area contributed by atoms with Crippen molar-refractivity contribution in [1.29, 1.82) is 0 Å². The van der Waals surface area contributed by atoms with Gasteiger partial charge in [-0.2, -0.15) is 0 Å². The van der Waals surface area contributed by atoms with E-state index in [1.165, 1.54) is 13.0 Å². The smallest absolute Gasteiger partial charge is 0.298 e. The van der Waals surface area contributed by atoms with Crippen LogP contribution in [0.4, 0.5) is 28.4 Å². The highest BCUT2D eigenvalue weighted by Crippen LogP contribution is 2.41. The largest absolute Gasteiger partial charge is 0.494 e. The highest BCUT2D eigenvalue weighted by molar-refractivity contribution is 9.10. The van der Waals surface area contributed by atoms with Crippen molar-refractivity contribution in [2.24, 2.45) is 10.2 Å². The highest BCUT2D eigenvalue weighted by Gasteiger charge is 2.19. The molecule has 0 aliphatic rings. The van der Waals surface area contributed by atoms with Gasteiger partial charge in [0.15, 0.2) is 5.69 Å². The fourth-order valence-electron chi connectivity index (χ4n) is 2.96. The molecule has 0 aliphatic carbocycles. The molecule has 0 aliphatic heterocycles. The zero-order valence-corrected chi connectivity index (χ0v) is 19.1. The molecular formula is C20H24BrN5O4. The molecule has 2 rings (SSSR count). The number of carbonyl (C=O) groups is 1. The fraction of sp³-hybridized carbons (Fsp3) is 0.350.